The first-order chi connectivity index (χ1) is 13.8. The Morgan fingerprint density at radius 1 is 1.31 bits per heavy atom. The number of carbonyl (C=O) groups excluding carboxylic acids is 1. The third-order valence-electron chi connectivity index (χ3n) is 5.20. The maximum absolute atomic E-state index is 11.7. The van der Waals surface area contributed by atoms with Crippen LogP contribution in [0.5, 0.6) is 0 Å². The number of rotatable bonds is 10. The van der Waals surface area contributed by atoms with Gasteiger partial charge in [0.1, 0.15) is 12.2 Å². The molecule has 0 radical (unpaired) electrons. The highest BCUT2D eigenvalue weighted by atomic mass is 127. The fourth-order valence-electron chi connectivity index (χ4n) is 3.61. The zero-order valence-electron chi connectivity index (χ0n) is 17.3. The van der Waals surface area contributed by atoms with Gasteiger partial charge in [0.2, 0.25) is 5.91 Å². The van der Waals surface area contributed by atoms with E-state index in [1.165, 1.54) is 0 Å². The van der Waals surface area contributed by atoms with Gasteiger partial charge in [-0.15, -0.1) is 34.2 Å². The minimum atomic E-state index is 0. The van der Waals surface area contributed by atoms with E-state index in [1.807, 2.05) is 4.90 Å². The third-order valence-corrected chi connectivity index (χ3v) is 5.20. The minimum absolute atomic E-state index is 0. The number of hydrogen-bond acceptors (Lipinski definition) is 5. The molecule has 3 rings (SSSR count). The van der Waals surface area contributed by atoms with Gasteiger partial charge >= 0.3 is 0 Å². The number of hydrogen-bond donors (Lipinski definition) is 2. The number of nitrogens with zero attached hydrogens (tertiary/aromatic N) is 5. The largest absolute Gasteiger partial charge is 0.376 e. The molecule has 3 heterocycles. The molecule has 2 aliphatic rings. The van der Waals surface area contributed by atoms with Crippen molar-refractivity contribution in [2.75, 3.05) is 39.3 Å². The van der Waals surface area contributed by atoms with Crippen LogP contribution in [0.4, 0.5) is 0 Å². The molecular weight excluding hydrogens is 485 g/mol. The lowest BCUT2D eigenvalue weighted by atomic mass is 10.2. The lowest BCUT2D eigenvalue weighted by Crippen LogP contribution is -2.41. The first-order valence-corrected chi connectivity index (χ1v) is 10.5. The molecule has 2 fully saturated rings. The number of aliphatic imine (C=N–C) groups is 1. The summed E-state index contributed by atoms with van der Waals surface area (Å²) in [5.41, 5.74) is 0. The average molecular weight is 519 g/mol. The molecule has 1 aromatic heterocycles. The summed E-state index contributed by atoms with van der Waals surface area (Å²) < 4.78 is 7.73. The number of likely N-dealkylation sites (tertiary alicyclic amines) is 1. The Hall–Kier alpha value is -1.43. The average Bonchev–Trinajstić information content (AvgIpc) is 3.45. The smallest absolute Gasteiger partial charge is 0.222 e. The van der Waals surface area contributed by atoms with Crippen molar-refractivity contribution in [1.82, 2.24) is 30.3 Å². The molecule has 1 atom stereocenters. The number of carbonyl (C=O) groups is 1. The van der Waals surface area contributed by atoms with Gasteiger partial charge in [-0.25, -0.2) is 0 Å². The summed E-state index contributed by atoms with van der Waals surface area (Å²) in [7, 11) is 0. The van der Waals surface area contributed by atoms with Gasteiger partial charge in [-0.1, -0.05) is 6.92 Å². The van der Waals surface area contributed by atoms with Crippen molar-refractivity contribution >= 4 is 35.8 Å². The molecule has 10 heteroatoms. The summed E-state index contributed by atoms with van der Waals surface area (Å²) in [6.07, 6.45) is 7.67. The van der Waals surface area contributed by atoms with Gasteiger partial charge in [-0.05, 0) is 25.7 Å². The highest BCUT2D eigenvalue weighted by Crippen LogP contribution is 2.12. The Balaban J connectivity index is 0.00000300. The van der Waals surface area contributed by atoms with Crippen LogP contribution < -0.4 is 10.6 Å². The summed E-state index contributed by atoms with van der Waals surface area (Å²) >= 11 is 0. The van der Waals surface area contributed by atoms with Crippen molar-refractivity contribution in [3.8, 4) is 0 Å². The van der Waals surface area contributed by atoms with Crippen LogP contribution >= 0.6 is 24.0 Å². The Morgan fingerprint density at radius 2 is 2.17 bits per heavy atom. The molecule has 2 N–H and O–H groups in total. The van der Waals surface area contributed by atoms with Crippen LogP contribution in [0.2, 0.25) is 0 Å². The second-order valence-electron chi connectivity index (χ2n) is 7.31. The summed E-state index contributed by atoms with van der Waals surface area (Å²) in [5, 5.41) is 14.9. The molecule has 9 nitrogen and oxygen atoms in total. The fraction of sp³-hybridized carbons (Fsp3) is 0.789. The lowest BCUT2D eigenvalue weighted by molar-refractivity contribution is -0.127. The molecule has 164 valence electrons. The zero-order chi connectivity index (χ0) is 19.6. The Labute approximate surface area is 190 Å². The van der Waals surface area contributed by atoms with E-state index in [9.17, 15) is 4.79 Å². The molecule has 1 unspecified atom stereocenters. The molecule has 29 heavy (non-hydrogen) atoms. The Morgan fingerprint density at radius 3 is 2.90 bits per heavy atom. The van der Waals surface area contributed by atoms with E-state index in [2.05, 4.69) is 32.3 Å². The number of nitrogens with one attached hydrogen (secondary N) is 2. The first-order valence-electron chi connectivity index (χ1n) is 10.5. The van der Waals surface area contributed by atoms with Crippen molar-refractivity contribution in [3.63, 3.8) is 0 Å². The normalized spacial score (nSPS) is 19.5. The molecule has 0 spiro atoms. The van der Waals surface area contributed by atoms with Gasteiger partial charge in [0.05, 0.1) is 12.6 Å². The monoisotopic (exact) mass is 519 g/mol. The molecule has 2 aliphatic heterocycles. The molecule has 0 aliphatic carbocycles. The van der Waals surface area contributed by atoms with Gasteiger partial charge in [0, 0.05) is 52.2 Å². The van der Waals surface area contributed by atoms with Crippen LogP contribution in [0.15, 0.2) is 11.3 Å². The van der Waals surface area contributed by atoms with Gasteiger partial charge in [0.15, 0.2) is 5.96 Å². The van der Waals surface area contributed by atoms with Crippen molar-refractivity contribution < 1.29 is 9.53 Å². The second-order valence-corrected chi connectivity index (χ2v) is 7.31. The van der Waals surface area contributed by atoms with Gasteiger partial charge < -0.3 is 24.8 Å². The van der Waals surface area contributed by atoms with Gasteiger partial charge in [-0.3, -0.25) is 9.79 Å². The Bertz CT molecular complexity index is 646. The number of aromatic nitrogens is 3. The Kier molecular flexibility index (Phi) is 10.7. The van der Waals surface area contributed by atoms with E-state index in [4.69, 9.17) is 9.73 Å². The third kappa shape index (κ3) is 7.72. The van der Waals surface area contributed by atoms with Crippen LogP contribution in [0.25, 0.3) is 0 Å². The topological polar surface area (TPSA) is 96.7 Å². The van der Waals surface area contributed by atoms with Crippen LogP contribution in [-0.4, -0.2) is 77.0 Å². The minimum Gasteiger partial charge on any atom is -0.376 e. The van der Waals surface area contributed by atoms with Crippen molar-refractivity contribution in [3.05, 3.63) is 12.2 Å². The molecule has 0 bridgehead atoms. The van der Waals surface area contributed by atoms with Crippen LogP contribution in [0.1, 0.15) is 44.9 Å². The maximum Gasteiger partial charge on any atom is 0.222 e. The number of halogens is 1. The molecule has 0 saturated carbocycles. The van der Waals surface area contributed by atoms with E-state index in [-0.39, 0.29) is 36.0 Å². The number of aryl methyl sites for hydroxylation is 1. The first kappa shape index (κ1) is 23.8. The molecule has 2 saturated heterocycles. The highest BCUT2D eigenvalue weighted by molar-refractivity contribution is 14.0. The summed E-state index contributed by atoms with van der Waals surface area (Å²) in [6, 6.07) is 0. The fourth-order valence-corrected chi connectivity index (χ4v) is 3.61. The van der Waals surface area contributed by atoms with Crippen LogP contribution in [0, 0.1) is 0 Å². The van der Waals surface area contributed by atoms with Crippen molar-refractivity contribution in [2.45, 2.75) is 58.1 Å². The molecule has 1 aromatic rings. The standard InChI is InChI=1S/C19H33N7O2.HI/c1-2-17-24-23-15-26(17)12-9-21-19(22-14-16-6-4-13-28-16)20-8-5-11-25-10-3-7-18(25)27;/h15-16H,2-14H2,1H3,(H2,20,21,22);1H. The summed E-state index contributed by atoms with van der Waals surface area (Å²) in [4.78, 5) is 18.4. The summed E-state index contributed by atoms with van der Waals surface area (Å²) in [6.45, 7) is 7.62. The quantitative estimate of drug-likeness (QED) is 0.209. The SMILES string of the molecule is CCc1nncn1CCNC(=NCC1CCCO1)NCCCN1CCCC1=O.I. The van der Waals surface area contributed by atoms with Crippen LogP contribution in [-0.2, 0) is 22.5 Å². The molecule has 1 amide bonds. The predicted molar refractivity (Wildman–Crippen MR) is 123 cm³/mol. The van der Waals surface area contributed by atoms with Gasteiger partial charge in [-0.2, -0.15) is 0 Å². The number of amides is 1. The van der Waals surface area contributed by atoms with Crippen molar-refractivity contribution in [2.24, 2.45) is 4.99 Å². The highest BCUT2D eigenvalue weighted by Gasteiger charge is 2.19. The second kappa shape index (κ2) is 13.0. The van der Waals surface area contributed by atoms with E-state index < -0.39 is 0 Å². The predicted octanol–water partition coefficient (Wildman–Crippen LogP) is 1.19. The van der Waals surface area contributed by atoms with Gasteiger partial charge in [0.25, 0.3) is 0 Å². The number of ether oxygens (including phenoxy) is 1. The van der Waals surface area contributed by atoms with Crippen molar-refractivity contribution in [1.29, 1.82) is 0 Å². The molecule has 0 aromatic carbocycles. The molecular formula is C19H34IN7O2. The lowest BCUT2D eigenvalue weighted by Gasteiger charge is -2.17. The number of guanidine groups is 1. The van der Waals surface area contributed by atoms with E-state index in [1.54, 1.807) is 6.33 Å². The zero-order valence-corrected chi connectivity index (χ0v) is 19.6. The van der Waals surface area contributed by atoms with E-state index in [0.29, 0.717) is 13.0 Å². The van der Waals surface area contributed by atoms with E-state index in [0.717, 1.165) is 83.2 Å². The summed E-state index contributed by atoms with van der Waals surface area (Å²) in [5.74, 6) is 2.07. The maximum atomic E-state index is 11.7. The van der Waals surface area contributed by atoms with Crippen LogP contribution in [0.3, 0.4) is 0 Å². The van der Waals surface area contributed by atoms with E-state index >= 15 is 0 Å².